The predicted octanol–water partition coefficient (Wildman–Crippen LogP) is 0.897. The van der Waals surface area contributed by atoms with Gasteiger partial charge in [-0.3, -0.25) is 9.59 Å². The fourth-order valence-electron chi connectivity index (χ4n) is 3.16. The van der Waals surface area contributed by atoms with Gasteiger partial charge in [0, 0.05) is 25.2 Å². The minimum absolute atomic E-state index is 0.0265. The Labute approximate surface area is 133 Å². The number of benzene rings is 1. The number of nitrogens with one attached hydrogen (secondary N) is 1. The van der Waals surface area contributed by atoms with Gasteiger partial charge in [0.2, 0.25) is 11.8 Å². The van der Waals surface area contributed by atoms with Crippen molar-refractivity contribution in [3.8, 4) is 0 Å². The van der Waals surface area contributed by atoms with Gasteiger partial charge in [0.15, 0.2) is 9.84 Å². The van der Waals surface area contributed by atoms with E-state index in [2.05, 4.69) is 5.32 Å². The Kier molecular flexibility index (Phi) is 3.87. The first kappa shape index (κ1) is 15.9. The van der Waals surface area contributed by atoms with E-state index in [1.165, 1.54) is 23.1 Å². The first-order chi connectivity index (χ1) is 10.8. The molecule has 0 spiro atoms. The Hall–Kier alpha value is -1.96. The Morgan fingerprint density at radius 2 is 2.13 bits per heavy atom. The molecule has 1 aromatic rings. The van der Waals surface area contributed by atoms with E-state index in [4.69, 9.17) is 0 Å². The van der Waals surface area contributed by atoms with Gasteiger partial charge in [0.05, 0.1) is 17.4 Å². The van der Waals surface area contributed by atoms with Gasteiger partial charge in [-0.05, 0) is 24.1 Å². The maximum atomic E-state index is 13.3. The molecule has 8 heteroatoms. The highest BCUT2D eigenvalue weighted by Crippen LogP contribution is 2.34. The first-order valence-corrected chi connectivity index (χ1v) is 9.15. The number of nitrogens with zero attached hydrogens (tertiary/aromatic N) is 1. The van der Waals surface area contributed by atoms with Crippen molar-refractivity contribution in [3.63, 3.8) is 0 Å². The highest BCUT2D eigenvalue weighted by atomic mass is 32.2. The molecule has 1 fully saturated rings. The number of carbonyl (C=O) groups excluding carboxylic acids is 2. The largest absolute Gasteiger partial charge is 0.341 e. The van der Waals surface area contributed by atoms with Crippen molar-refractivity contribution < 1.29 is 22.4 Å². The lowest BCUT2D eigenvalue weighted by molar-refractivity contribution is -0.135. The molecule has 0 aromatic heterocycles. The van der Waals surface area contributed by atoms with Crippen LogP contribution in [0.25, 0.3) is 0 Å². The lowest BCUT2D eigenvalue weighted by atomic mass is 9.89. The van der Waals surface area contributed by atoms with Crippen molar-refractivity contribution in [2.45, 2.75) is 24.8 Å². The number of carbonyl (C=O) groups is 2. The molecule has 0 unspecified atom stereocenters. The Morgan fingerprint density at radius 3 is 2.78 bits per heavy atom. The summed E-state index contributed by atoms with van der Waals surface area (Å²) in [6, 6.07) is 3.55. The molecule has 6 nitrogen and oxygen atoms in total. The van der Waals surface area contributed by atoms with Crippen molar-refractivity contribution in [1.82, 2.24) is 4.90 Å². The monoisotopic (exact) mass is 340 g/mol. The molecule has 2 atom stereocenters. The van der Waals surface area contributed by atoms with Crippen LogP contribution in [0.2, 0.25) is 0 Å². The van der Waals surface area contributed by atoms with Gasteiger partial charge in [-0.2, -0.15) is 0 Å². The third-order valence-electron chi connectivity index (χ3n) is 4.46. The number of fused-ring (bicyclic) bond motifs is 1. The number of amides is 2. The van der Waals surface area contributed by atoms with Crippen molar-refractivity contribution in [2.75, 3.05) is 23.9 Å². The zero-order chi connectivity index (χ0) is 16.8. The average Bonchev–Trinajstić information content (AvgIpc) is 2.84. The van der Waals surface area contributed by atoms with Crippen LogP contribution in [0.15, 0.2) is 18.2 Å². The fraction of sp³-hybridized carbons (Fsp3) is 0.467. The summed E-state index contributed by atoms with van der Waals surface area (Å²) in [5.74, 6) is -1.85. The van der Waals surface area contributed by atoms with Crippen molar-refractivity contribution >= 4 is 27.3 Å². The minimum atomic E-state index is -3.10. The predicted molar refractivity (Wildman–Crippen MR) is 82.2 cm³/mol. The summed E-state index contributed by atoms with van der Waals surface area (Å²) in [7, 11) is -1.55. The smallest absolute Gasteiger partial charge is 0.230 e. The van der Waals surface area contributed by atoms with E-state index in [1.807, 2.05) is 0 Å². The van der Waals surface area contributed by atoms with E-state index in [9.17, 15) is 22.4 Å². The van der Waals surface area contributed by atoms with Crippen molar-refractivity contribution in [2.24, 2.45) is 0 Å². The van der Waals surface area contributed by atoms with Crippen LogP contribution in [-0.4, -0.2) is 49.7 Å². The molecule has 0 bridgehead atoms. The van der Waals surface area contributed by atoms with Gasteiger partial charge in [0.25, 0.3) is 0 Å². The van der Waals surface area contributed by atoms with E-state index < -0.39 is 21.6 Å². The molecule has 0 saturated carbocycles. The summed E-state index contributed by atoms with van der Waals surface area (Å²) in [6.07, 6.45) is 0.376. The maximum Gasteiger partial charge on any atom is 0.230 e. The highest BCUT2D eigenvalue weighted by Gasteiger charge is 2.38. The molecule has 2 heterocycles. The molecular formula is C15H17FN2O4S. The summed E-state index contributed by atoms with van der Waals surface area (Å²) in [5.41, 5.74) is 0.857. The van der Waals surface area contributed by atoms with Gasteiger partial charge in [-0.25, -0.2) is 12.8 Å². The molecule has 0 aliphatic carbocycles. The number of sulfone groups is 1. The second kappa shape index (κ2) is 5.59. The summed E-state index contributed by atoms with van der Waals surface area (Å²) in [6.45, 7) is 0. The number of halogens is 1. The number of anilines is 1. The van der Waals surface area contributed by atoms with E-state index in [1.54, 1.807) is 7.05 Å². The molecule has 1 saturated heterocycles. The minimum Gasteiger partial charge on any atom is -0.341 e. The fourth-order valence-corrected chi connectivity index (χ4v) is 4.94. The quantitative estimate of drug-likeness (QED) is 0.867. The van der Waals surface area contributed by atoms with E-state index in [0.717, 1.165) is 0 Å². The van der Waals surface area contributed by atoms with Crippen LogP contribution in [0.5, 0.6) is 0 Å². The van der Waals surface area contributed by atoms with Crippen LogP contribution in [0.3, 0.4) is 0 Å². The normalized spacial score (nSPS) is 25.6. The van der Waals surface area contributed by atoms with E-state index >= 15 is 0 Å². The molecule has 124 valence electrons. The lowest BCUT2D eigenvalue weighted by Crippen LogP contribution is -2.42. The molecule has 1 N–H and O–H groups in total. The number of hydrogen-bond acceptors (Lipinski definition) is 4. The SMILES string of the molecule is CN(C(=O)[C@@H]1CC(=O)Nc2cc(F)ccc21)[C@H]1CCS(=O)(=O)C1. The molecule has 3 rings (SSSR count). The van der Waals surface area contributed by atoms with Crippen LogP contribution in [0, 0.1) is 5.82 Å². The first-order valence-electron chi connectivity index (χ1n) is 7.33. The Morgan fingerprint density at radius 1 is 1.39 bits per heavy atom. The van der Waals surface area contributed by atoms with Crippen molar-refractivity contribution in [1.29, 1.82) is 0 Å². The molecule has 2 aliphatic rings. The van der Waals surface area contributed by atoms with Gasteiger partial charge in [0.1, 0.15) is 5.82 Å². The summed E-state index contributed by atoms with van der Waals surface area (Å²) < 4.78 is 36.5. The second-order valence-electron chi connectivity index (χ2n) is 6.04. The molecule has 2 aliphatic heterocycles. The van der Waals surface area contributed by atoms with E-state index in [-0.39, 0.29) is 35.8 Å². The van der Waals surface area contributed by atoms with Gasteiger partial charge in [-0.1, -0.05) is 6.07 Å². The molecule has 0 radical (unpaired) electrons. The average molecular weight is 340 g/mol. The zero-order valence-corrected chi connectivity index (χ0v) is 13.4. The van der Waals surface area contributed by atoms with Gasteiger partial charge < -0.3 is 10.2 Å². The molecule has 1 aromatic carbocycles. The molecule has 2 amide bonds. The van der Waals surface area contributed by atoms with Crippen LogP contribution in [0.4, 0.5) is 10.1 Å². The molecule has 23 heavy (non-hydrogen) atoms. The maximum absolute atomic E-state index is 13.3. The topological polar surface area (TPSA) is 83.6 Å². The number of hydrogen-bond donors (Lipinski definition) is 1. The van der Waals surface area contributed by atoms with Crippen LogP contribution in [0.1, 0.15) is 24.3 Å². The van der Waals surface area contributed by atoms with Gasteiger partial charge in [-0.15, -0.1) is 0 Å². The van der Waals surface area contributed by atoms with E-state index in [0.29, 0.717) is 17.7 Å². The highest BCUT2D eigenvalue weighted by molar-refractivity contribution is 7.91. The van der Waals surface area contributed by atoms with Crippen LogP contribution in [-0.2, 0) is 19.4 Å². The third-order valence-corrected chi connectivity index (χ3v) is 6.21. The number of rotatable bonds is 2. The summed E-state index contributed by atoms with van der Waals surface area (Å²) >= 11 is 0. The molecular weight excluding hydrogens is 323 g/mol. The van der Waals surface area contributed by atoms with Crippen LogP contribution >= 0.6 is 0 Å². The Balaban J connectivity index is 1.87. The third kappa shape index (κ3) is 3.08. The standard InChI is InChI=1S/C15H17FN2O4S/c1-18(10-4-5-23(21,22)8-10)15(20)12-7-14(19)17-13-6-9(16)2-3-11(12)13/h2-3,6,10,12H,4-5,7-8H2,1H3,(H,17,19)/t10-,12+/m0/s1. The Bertz CT molecular complexity index is 778. The van der Waals surface area contributed by atoms with Crippen molar-refractivity contribution in [3.05, 3.63) is 29.6 Å². The lowest BCUT2D eigenvalue weighted by Gasteiger charge is -2.31. The van der Waals surface area contributed by atoms with Crippen LogP contribution < -0.4 is 5.32 Å². The number of likely N-dealkylation sites (N-methyl/N-ethyl adjacent to an activating group) is 1. The van der Waals surface area contributed by atoms with Gasteiger partial charge >= 0.3 is 0 Å². The second-order valence-corrected chi connectivity index (χ2v) is 8.27. The zero-order valence-electron chi connectivity index (χ0n) is 12.6. The summed E-state index contributed by atoms with van der Waals surface area (Å²) in [5, 5.41) is 2.56. The summed E-state index contributed by atoms with van der Waals surface area (Å²) in [4.78, 5) is 26.0.